The third kappa shape index (κ3) is 7.09. The van der Waals surface area contributed by atoms with Crippen LogP contribution < -0.4 is 5.73 Å². The molecule has 0 spiro atoms. The van der Waals surface area contributed by atoms with Gasteiger partial charge in [-0.3, -0.25) is 9.69 Å². The first-order valence-electron chi connectivity index (χ1n) is 6.80. The van der Waals surface area contributed by atoms with Crippen LogP contribution in [0.15, 0.2) is 0 Å². The summed E-state index contributed by atoms with van der Waals surface area (Å²) in [5.41, 5.74) is 4.58. The minimum absolute atomic E-state index is 0.113. The molecule has 0 aromatic heterocycles. The fourth-order valence-electron chi connectivity index (χ4n) is 2.09. The van der Waals surface area contributed by atoms with Crippen LogP contribution in [-0.4, -0.2) is 48.3 Å². The normalized spacial score (nSPS) is 16.9. The Morgan fingerprint density at radius 1 is 1.35 bits per heavy atom. The number of halogens is 3. The fourth-order valence-corrected chi connectivity index (χ4v) is 2.09. The standard InChI is InChI=1S/C13H25F3N2O2/c1-5-7-18(9-13(14,15)16)10(3)8-12(4,17)11(19)20-6-2/h10H,5-9,17H2,1-4H3. The summed E-state index contributed by atoms with van der Waals surface area (Å²) in [7, 11) is 0. The topological polar surface area (TPSA) is 55.6 Å². The number of carbonyl (C=O) groups excluding carboxylic acids is 1. The number of hydrogen-bond acceptors (Lipinski definition) is 4. The summed E-state index contributed by atoms with van der Waals surface area (Å²) in [6, 6.07) is -0.462. The number of nitrogens with zero attached hydrogens (tertiary/aromatic N) is 1. The maximum absolute atomic E-state index is 12.5. The number of carbonyl (C=O) groups is 1. The molecule has 0 saturated carbocycles. The van der Waals surface area contributed by atoms with Crippen LogP contribution in [0.2, 0.25) is 0 Å². The van der Waals surface area contributed by atoms with E-state index in [0.717, 1.165) is 0 Å². The van der Waals surface area contributed by atoms with Gasteiger partial charge in [0.2, 0.25) is 0 Å². The van der Waals surface area contributed by atoms with Crippen molar-refractivity contribution in [1.29, 1.82) is 0 Å². The summed E-state index contributed by atoms with van der Waals surface area (Å²) in [6.45, 7) is 6.10. The highest BCUT2D eigenvalue weighted by Crippen LogP contribution is 2.22. The van der Waals surface area contributed by atoms with E-state index in [1.165, 1.54) is 11.8 Å². The summed E-state index contributed by atoms with van der Waals surface area (Å²) in [5.74, 6) is -0.588. The summed E-state index contributed by atoms with van der Waals surface area (Å²) in [5, 5.41) is 0. The summed E-state index contributed by atoms with van der Waals surface area (Å²) >= 11 is 0. The van der Waals surface area contributed by atoms with Gasteiger partial charge >= 0.3 is 12.1 Å². The number of nitrogens with two attached hydrogens (primary N) is 1. The van der Waals surface area contributed by atoms with Gasteiger partial charge in [-0.05, 0) is 40.2 Å². The molecule has 120 valence electrons. The lowest BCUT2D eigenvalue weighted by Gasteiger charge is -2.34. The summed E-state index contributed by atoms with van der Waals surface area (Å²) < 4.78 is 42.5. The summed E-state index contributed by atoms with van der Waals surface area (Å²) in [6.07, 6.45) is -3.55. The van der Waals surface area contributed by atoms with Gasteiger partial charge in [0.25, 0.3) is 0 Å². The zero-order valence-electron chi connectivity index (χ0n) is 12.6. The van der Waals surface area contributed by atoms with Gasteiger partial charge in [0, 0.05) is 6.04 Å². The Bertz CT molecular complexity index is 306. The van der Waals surface area contributed by atoms with Gasteiger partial charge in [0.05, 0.1) is 13.2 Å². The van der Waals surface area contributed by atoms with Crippen LogP contribution in [0, 0.1) is 0 Å². The first kappa shape index (κ1) is 19.2. The molecule has 4 nitrogen and oxygen atoms in total. The van der Waals surface area contributed by atoms with Crippen molar-refractivity contribution >= 4 is 5.97 Å². The minimum Gasteiger partial charge on any atom is -0.465 e. The lowest BCUT2D eigenvalue weighted by molar-refractivity contribution is -0.154. The SMILES string of the molecule is CCCN(CC(F)(F)F)C(C)CC(C)(N)C(=O)OCC. The largest absolute Gasteiger partial charge is 0.465 e. The van der Waals surface area contributed by atoms with E-state index in [-0.39, 0.29) is 13.0 Å². The van der Waals surface area contributed by atoms with Gasteiger partial charge in [-0.1, -0.05) is 6.92 Å². The third-order valence-corrected chi connectivity index (χ3v) is 2.98. The molecule has 0 fully saturated rings. The Kier molecular flexibility index (Phi) is 7.51. The highest BCUT2D eigenvalue weighted by molar-refractivity contribution is 5.80. The molecule has 0 aliphatic rings. The quantitative estimate of drug-likeness (QED) is 0.699. The molecule has 0 aliphatic carbocycles. The van der Waals surface area contributed by atoms with E-state index in [1.54, 1.807) is 13.8 Å². The van der Waals surface area contributed by atoms with E-state index in [4.69, 9.17) is 10.5 Å². The van der Waals surface area contributed by atoms with Crippen LogP contribution in [0.25, 0.3) is 0 Å². The van der Waals surface area contributed by atoms with E-state index in [2.05, 4.69) is 0 Å². The van der Waals surface area contributed by atoms with Crippen molar-refractivity contribution in [2.45, 2.75) is 58.3 Å². The Balaban J connectivity index is 4.73. The highest BCUT2D eigenvalue weighted by atomic mass is 19.4. The van der Waals surface area contributed by atoms with E-state index in [9.17, 15) is 18.0 Å². The van der Waals surface area contributed by atoms with Gasteiger partial charge in [-0.2, -0.15) is 13.2 Å². The van der Waals surface area contributed by atoms with Gasteiger partial charge in [-0.15, -0.1) is 0 Å². The lowest BCUT2D eigenvalue weighted by atomic mass is 9.94. The third-order valence-electron chi connectivity index (χ3n) is 2.98. The average Bonchev–Trinajstić information content (AvgIpc) is 2.26. The highest BCUT2D eigenvalue weighted by Gasteiger charge is 2.37. The molecule has 0 rings (SSSR count). The molecule has 0 radical (unpaired) electrons. The van der Waals surface area contributed by atoms with Gasteiger partial charge < -0.3 is 10.5 Å². The summed E-state index contributed by atoms with van der Waals surface area (Å²) in [4.78, 5) is 13.0. The molecule has 20 heavy (non-hydrogen) atoms. The van der Waals surface area contributed by atoms with Crippen molar-refractivity contribution in [2.24, 2.45) is 5.73 Å². The smallest absolute Gasteiger partial charge is 0.401 e. The van der Waals surface area contributed by atoms with Gasteiger partial charge in [0.15, 0.2) is 0 Å². The van der Waals surface area contributed by atoms with Crippen LogP contribution in [0.5, 0.6) is 0 Å². The number of ether oxygens (including phenoxy) is 1. The van der Waals surface area contributed by atoms with Crippen molar-refractivity contribution in [3.63, 3.8) is 0 Å². The maximum atomic E-state index is 12.5. The minimum atomic E-state index is -4.27. The molecule has 0 bridgehead atoms. The van der Waals surface area contributed by atoms with Crippen LogP contribution in [0.3, 0.4) is 0 Å². The fraction of sp³-hybridized carbons (Fsp3) is 0.923. The number of hydrogen-bond donors (Lipinski definition) is 1. The second kappa shape index (κ2) is 7.83. The maximum Gasteiger partial charge on any atom is 0.401 e. The van der Waals surface area contributed by atoms with Crippen LogP contribution in [-0.2, 0) is 9.53 Å². The van der Waals surface area contributed by atoms with Crippen LogP contribution >= 0.6 is 0 Å². The molecule has 0 aliphatic heterocycles. The lowest BCUT2D eigenvalue weighted by Crippen LogP contribution is -2.52. The molecule has 0 heterocycles. The average molecular weight is 298 g/mol. The van der Waals surface area contributed by atoms with Crippen molar-refractivity contribution in [2.75, 3.05) is 19.7 Å². The Labute approximate surface area is 118 Å². The van der Waals surface area contributed by atoms with Gasteiger partial charge in [0.1, 0.15) is 5.54 Å². The molecule has 0 saturated heterocycles. The Hall–Kier alpha value is -0.820. The first-order valence-corrected chi connectivity index (χ1v) is 6.80. The molecular weight excluding hydrogens is 273 g/mol. The van der Waals surface area contributed by atoms with Crippen molar-refractivity contribution in [3.05, 3.63) is 0 Å². The number of alkyl halides is 3. The van der Waals surface area contributed by atoms with E-state index >= 15 is 0 Å². The van der Waals surface area contributed by atoms with Crippen molar-refractivity contribution < 1.29 is 22.7 Å². The zero-order chi connectivity index (χ0) is 16.0. The Morgan fingerprint density at radius 2 is 1.90 bits per heavy atom. The molecular formula is C13H25F3N2O2. The zero-order valence-corrected chi connectivity index (χ0v) is 12.6. The van der Waals surface area contributed by atoms with Crippen LogP contribution in [0.1, 0.15) is 40.5 Å². The van der Waals surface area contributed by atoms with Crippen LogP contribution in [0.4, 0.5) is 13.2 Å². The first-order chi connectivity index (χ1) is 9.03. The molecule has 2 atom stereocenters. The second-order valence-electron chi connectivity index (χ2n) is 5.28. The molecule has 2 unspecified atom stereocenters. The molecule has 0 amide bonds. The number of rotatable bonds is 8. The molecule has 0 aromatic rings. The predicted molar refractivity (Wildman–Crippen MR) is 71.2 cm³/mol. The molecule has 2 N–H and O–H groups in total. The molecule has 7 heteroatoms. The van der Waals surface area contributed by atoms with Crippen molar-refractivity contribution in [3.8, 4) is 0 Å². The molecule has 0 aromatic carbocycles. The predicted octanol–water partition coefficient (Wildman–Crippen LogP) is 2.32. The number of esters is 1. The Morgan fingerprint density at radius 3 is 2.30 bits per heavy atom. The second-order valence-corrected chi connectivity index (χ2v) is 5.28. The van der Waals surface area contributed by atoms with Gasteiger partial charge in [-0.25, -0.2) is 0 Å². The van der Waals surface area contributed by atoms with E-state index in [0.29, 0.717) is 13.0 Å². The van der Waals surface area contributed by atoms with E-state index in [1.807, 2.05) is 6.92 Å². The van der Waals surface area contributed by atoms with E-state index < -0.39 is 30.3 Å². The monoisotopic (exact) mass is 298 g/mol. The van der Waals surface area contributed by atoms with Crippen molar-refractivity contribution in [1.82, 2.24) is 4.90 Å².